The summed E-state index contributed by atoms with van der Waals surface area (Å²) in [4.78, 5) is 24.9. The molecule has 1 aliphatic carbocycles. The van der Waals surface area contributed by atoms with Crippen LogP contribution in [-0.2, 0) is 14.3 Å². The minimum Gasteiger partial charge on any atom is -0.467 e. The molecule has 2 unspecified atom stereocenters. The van der Waals surface area contributed by atoms with Gasteiger partial charge < -0.3 is 15.4 Å². The van der Waals surface area contributed by atoms with Gasteiger partial charge in [-0.05, 0) is 50.6 Å². The highest BCUT2D eigenvalue weighted by atomic mass is 35.5. The van der Waals surface area contributed by atoms with E-state index >= 15 is 0 Å². The Balaban J connectivity index is 0.00000288. The molecule has 0 aromatic heterocycles. The number of hydrogen-bond donors (Lipinski definition) is 2. The van der Waals surface area contributed by atoms with Crippen LogP contribution in [-0.4, -0.2) is 37.6 Å². The maximum absolute atomic E-state index is 12.6. The van der Waals surface area contributed by atoms with E-state index in [-0.39, 0.29) is 24.3 Å². The second-order valence-electron chi connectivity index (χ2n) is 7.32. The molecule has 1 heterocycles. The molecule has 2 fully saturated rings. The third-order valence-electron chi connectivity index (χ3n) is 5.56. The fraction of sp³-hybridized carbons (Fsp3) is 0.889. The largest absolute Gasteiger partial charge is 0.467 e. The summed E-state index contributed by atoms with van der Waals surface area (Å²) >= 11 is 0. The second-order valence-corrected chi connectivity index (χ2v) is 7.32. The van der Waals surface area contributed by atoms with E-state index in [0.29, 0.717) is 31.1 Å². The zero-order valence-electron chi connectivity index (χ0n) is 15.1. The van der Waals surface area contributed by atoms with Gasteiger partial charge in [-0.15, -0.1) is 12.4 Å². The van der Waals surface area contributed by atoms with E-state index in [2.05, 4.69) is 17.6 Å². The van der Waals surface area contributed by atoms with Crippen LogP contribution >= 0.6 is 12.4 Å². The molecule has 2 N–H and O–H groups in total. The number of rotatable bonds is 5. The lowest BCUT2D eigenvalue weighted by atomic mass is 9.84. The van der Waals surface area contributed by atoms with Crippen molar-refractivity contribution in [3.8, 4) is 0 Å². The van der Waals surface area contributed by atoms with Crippen LogP contribution in [0.25, 0.3) is 0 Å². The Bertz CT molecular complexity index is 403. The highest BCUT2D eigenvalue weighted by molar-refractivity contribution is 5.88. The molecule has 2 aliphatic rings. The van der Waals surface area contributed by atoms with Crippen molar-refractivity contribution in [3.63, 3.8) is 0 Å². The summed E-state index contributed by atoms with van der Waals surface area (Å²) in [5.74, 6) is 0.607. The number of piperidine rings is 1. The summed E-state index contributed by atoms with van der Waals surface area (Å²) in [7, 11) is 1.41. The number of halogens is 1. The first kappa shape index (κ1) is 21.2. The van der Waals surface area contributed by atoms with E-state index in [1.54, 1.807) is 0 Å². The molecule has 0 aromatic carbocycles. The van der Waals surface area contributed by atoms with Gasteiger partial charge in [-0.2, -0.15) is 0 Å². The van der Waals surface area contributed by atoms with Gasteiger partial charge in [0.2, 0.25) is 5.91 Å². The number of ether oxygens (including phenoxy) is 1. The monoisotopic (exact) mass is 360 g/mol. The third kappa shape index (κ3) is 5.62. The molecule has 2 rings (SSSR count). The first-order chi connectivity index (χ1) is 11.1. The van der Waals surface area contributed by atoms with Gasteiger partial charge in [-0.1, -0.05) is 32.6 Å². The lowest BCUT2D eigenvalue weighted by molar-refractivity contribution is -0.152. The lowest BCUT2D eigenvalue weighted by Gasteiger charge is -2.33. The first-order valence-electron chi connectivity index (χ1n) is 9.17. The Labute approximate surface area is 152 Å². The molecule has 1 aliphatic heterocycles. The van der Waals surface area contributed by atoms with Crippen LogP contribution in [0.1, 0.15) is 64.7 Å². The quantitative estimate of drug-likeness (QED) is 0.584. The molecule has 0 bridgehead atoms. The van der Waals surface area contributed by atoms with Crippen molar-refractivity contribution < 1.29 is 14.3 Å². The highest BCUT2D eigenvalue weighted by Gasteiger charge is 2.41. The predicted molar refractivity (Wildman–Crippen MR) is 97.2 cm³/mol. The Hall–Kier alpha value is -0.810. The Morgan fingerprint density at radius 2 is 1.88 bits per heavy atom. The summed E-state index contributed by atoms with van der Waals surface area (Å²) in [6.45, 7) is 4.23. The first-order valence-corrected chi connectivity index (χ1v) is 9.17. The molecular formula is C18H33ClN2O3. The van der Waals surface area contributed by atoms with Crippen LogP contribution in [0.2, 0.25) is 0 Å². The number of carbonyl (C=O) groups excluding carboxylic acids is 2. The number of methoxy groups -OCH3 is 1. The Kier molecular flexibility index (Phi) is 9.06. The zero-order valence-corrected chi connectivity index (χ0v) is 15.9. The van der Waals surface area contributed by atoms with Gasteiger partial charge in [0.1, 0.15) is 5.54 Å². The molecule has 2 atom stereocenters. The van der Waals surface area contributed by atoms with Gasteiger partial charge in [0.25, 0.3) is 0 Å². The van der Waals surface area contributed by atoms with Crippen molar-refractivity contribution in [2.75, 3.05) is 20.2 Å². The van der Waals surface area contributed by atoms with E-state index in [9.17, 15) is 9.59 Å². The van der Waals surface area contributed by atoms with Gasteiger partial charge in [-0.3, -0.25) is 4.79 Å². The summed E-state index contributed by atoms with van der Waals surface area (Å²) in [5.41, 5.74) is -0.799. The minimum atomic E-state index is -0.799. The van der Waals surface area contributed by atoms with Crippen molar-refractivity contribution in [2.24, 2.45) is 11.8 Å². The zero-order chi connectivity index (χ0) is 16.7. The number of esters is 1. The van der Waals surface area contributed by atoms with Crippen molar-refractivity contribution >= 4 is 24.3 Å². The van der Waals surface area contributed by atoms with Crippen LogP contribution in [0.15, 0.2) is 0 Å². The van der Waals surface area contributed by atoms with Crippen LogP contribution in [0, 0.1) is 11.8 Å². The third-order valence-corrected chi connectivity index (χ3v) is 5.56. The van der Waals surface area contributed by atoms with E-state index in [1.807, 2.05) is 0 Å². The maximum atomic E-state index is 12.6. The van der Waals surface area contributed by atoms with E-state index < -0.39 is 5.54 Å². The normalized spacial score (nSPS) is 24.8. The Morgan fingerprint density at radius 1 is 1.21 bits per heavy atom. The summed E-state index contributed by atoms with van der Waals surface area (Å²) < 4.78 is 5.01. The van der Waals surface area contributed by atoms with Gasteiger partial charge in [-0.25, -0.2) is 4.79 Å². The molecule has 1 saturated carbocycles. The maximum Gasteiger partial charge on any atom is 0.331 e. The van der Waals surface area contributed by atoms with E-state index in [4.69, 9.17) is 4.74 Å². The lowest BCUT2D eigenvalue weighted by Crippen LogP contribution is -2.55. The average Bonchev–Trinajstić information content (AvgIpc) is 2.81. The van der Waals surface area contributed by atoms with Crippen LogP contribution in [0.3, 0.4) is 0 Å². The number of amides is 1. The average molecular weight is 361 g/mol. The number of hydrogen-bond acceptors (Lipinski definition) is 4. The molecule has 1 amide bonds. The minimum absolute atomic E-state index is 0. The number of nitrogens with one attached hydrogen (secondary N) is 2. The van der Waals surface area contributed by atoms with Gasteiger partial charge in [0, 0.05) is 6.42 Å². The summed E-state index contributed by atoms with van der Waals surface area (Å²) in [6.07, 6.45) is 8.44. The van der Waals surface area contributed by atoms with Crippen molar-refractivity contribution in [1.82, 2.24) is 10.6 Å². The molecule has 6 heteroatoms. The summed E-state index contributed by atoms with van der Waals surface area (Å²) in [5, 5.41) is 6.47. The molecule has 0 radical (unpaired) electrons. The topological polar surface area (TPSA) is 67.4 Å². The summed E-state index contributed by atoms with van der Waals surface area (Å²) in [6, 6.07) is 0. The van der Waals surface area contributed by atoms with Crippen LogP contribution in [0.4, 0.5) is 0 Å². The van der Waals surface area contributed by atoms with Gasteiger partial charge in [0.15, 0.2) is 0 Å². The van der Waals surface area contributed by atoms with Gasteiger partial charge in [0.05, 0.1) is 7.11 Å². The second kappa shape index (κ2) is 10.2. The molecular weight excluding hydrogens is 328 g/mol. The van der Waals surface area contributed by atoms with Crippen molar-refractivity contribution in [1.29, 1.82) is 0 Å². The number of carbonyl (C=O) groups is 2. The molecule has 1 saturated heterocycles. The van der Waals surface area contributed by atoms with Crippen molar-refractivity contribution in [2.45, 2.75) is 70.3 Å². The molecule has 0 aromatic rings. The fourth-order valence-electron chi connectivity index (χ4n) is 4.05. The smallest absolute Gasteiger partial charge is 0.331 e. The van der Waals surface area contributed by atoms with E-state index in [1.165, 1.54) is 20.0 Å². The van der Waals surface area contributed by atoms with Crippen molar-refractivity contribution in [3.05, 3.63) is 0 Å². The Morgan fingerprint density at radius 3 is 2.42 bits per heavy atom. The van der Waals surface area contributed by atoms with Gasteiger partial charge >= 0.3 is 5.97 Å². The molecule has 0 spiro atoms. The van der Waals surface area contributed by atoms with Crippen LogP contribution in [0.5, 0.6) is 0 Å². The van der Waals surface area contributed by atoms with E-state index in [0.717, 1.165) is 38.8 Å². The molecule has 140 valence electrons. The molecule has 5 nitrogen and oxygen atoms in total. The predicted octanol–water partition coefficient (Wildman–Crippen LogP) is 2.82. The fourth-order valence-corrected chi connectivity index (χ4v) is 4.05. The standard InChI is InChI=1S/C18H32N2O3.ClH/c1-14(15-8-7-11-19-13-15)12-16(21)20-18(17(22)23-2)9-5-3-4-6-10-18;/h14-15,19H,3-13H2,1-2H3,(H,20,21);1H. The highest BCUT2D eigenvalue weighted by Crippen LogP contribution is 2.29. The SMILES string of the molecule is COC(=O)C1(NC(=O)CC(C)C2CCCNC2)CCCCCC1.Cl. The van der Waals surface area contributed by atoms with Crippen LogP contribution < -0.4 is 10.6 Å². The molecule has 24 heavy (non-hydrogen) atoms.